The second-order valence-electron chi connectivity index (χ2n) is 5.10. The fourth-order valence-electron chi connectivity index (χ4n) is 1.92. The van der Waals surface area contributed by atoms with Crippen molar-refractivity contribution >= 4 is 11.7 Å². The number of hydrogen-bond acceptors (Lipinski definition) is 3. The molecule has 0 saturated carbocycles. The van der Waals surface area contributed by atoms with Gasteiger partial charge in [0.2, 0.25) is 0 Å². The maximum absolute atomic E-state index is 12.0. The Balaban J connectivity index is 2.63. The smallest absolute Gasteiger partial charge is 0.319 e. The number of benzene rings is 1. The number of aliphatic hydroxyl groups is 1. The Kier molecular flexibility index (Phi) is 6.48. The third-order valence-electron chi connectivity index (χ3n) is 3.36. The van der Waals surface area contributed by atoms with Crippen LogP contribution in [-0.2, 0) is 11.3 Å². The molecule has 0 aliphatic rings. The summed E-state index contributed by atoms with van der Waals surface area (Å²) in [6.07, 6.45) is 1.28. The zero-order valence-corrected chi connectivity index (χ0v) is 12.4. The summed E-state index contributed by atoms with van der Waals surface area (Å²) in [5.41, 5.74) is 1.32. The number of aliphatic hydroxyl groups excluding tert-OH is 1. The fraction of sp³-hybridized carbons (Fsp3) is 0.533. The molecule has 0 aromatic heterocycles. The normalized spacial score (nSPS) is 13.6. The van der Waals surface area contributed by atoms with Crippen molar-refractivity contribution < 1.29 is 14.6 Å². The average molecular weight is 280 g/mol. The summed E-state index contributed by atoms with van der Waals surface area (Å²) in [6.45, 7) is 4.46. The first-order valence-corrected chi connectivity index (χ1v) is 6.81. The minimum absolute atomic E-state index is 0.0495. The lowest BCUT2D eigenvalue weighted by Crippen LogP contribution is -2.48. The van der Waals surface area contributed by atoms with Gasteiger partial charge < -0.3 is 20.5 Å². The number of nitrogens with one attached hydrogen (secondary N) is 2. The van der Waals surface area contributed by atoms with Crippen LogP contribution >= 0.6 is 0 Å². The van der Waals surface area contributed by atoms with E-state index in [2.05, 4.69) is 10.6 Å². The van der Waals surface area contributed by atoms with Crippen LogP contribution in [0.1, 0.15) is 32.3 Å². The molecule has 1 rings (SSSR count). The molecule has 0 heterocycles. The van der Waals surface area contributed by atoms with Gasteiger partial charge in [0.05, 0.1) is 6.61 Å². The Hall–Kier alpha value is -1.59. The fourth-order valence-corrected chi connectivity index (χ4v) is 1.92. The Morgan fingerprint density at radius 3 is 2.80 bits per heavy atom. The summed E-state index contributed by atoms with van der Waals surface area (Å²) in [6, 6.07) is 7.25. The number of urea groups is 1. The van der Waals surface area contributed by atoms with Crippen molar-refractivity contribution in [1.29, 1.82) is 0 Å². The molecule has 1 unspecified atom stereocenters. The largest absolute Gasteiger partial charge is 0.396 e. The molecule has 112 valence electrons. The van der Waals surface area contributed by atoms with Gasteiger partial charge in [-0.25, -0.2) is 4.79 Å². The van der Waals surface area contributed by atoms with Crippen LogP contribution in [0.3, 0.4) is 0 Å². The summed E-state index contributed by atoms with van der Waals surface area (Å²) in [7, 11) is 1.63. The molecule has 0 spiro atoms. The van der Waals surface area contributed by atoms with Crippen molar-refractivity contribution in [1.82, 2.24) is 5.32 Å². The van der Waals surface area contributed by atoms with Gasteiger partial charge in [0, 0.05) is 24.9 Å². The highest BCUT2D eigenvalue weighted by atomic mass is 16.5. The number of hydrogen-bond donors (Lipinski definition) is 3. The van der Waals surface area contributed by atoms with E-state index in [9.17, 15) is 4.79 Å². The Morgan fingerprint density at radius 2 is 2.20 bits per heavy atom. The number of amides is 2. The number of carbonyl (C=O) groups excluding carboxylic acids is 1. The summed E-state index contributed by atoms with van der Waals surface area (Å²) >= 11 is 0. The molecular formula is C15H24N2O3. The first-order chi connectivity index (χ1) is 9.53. The van der Waals surface area contributed by atoms with Crippen molar-refractivity contribution in [2.45, 2.75) is 38.8 Å². The molecular weight excluding hydrogens is 256 g/mol. The molecule has 20 heavy (non-hydrogen) atoms. The molecule has 0 fully saturated rings. The van der Waals surface area contributed by atoms with E-state index in [1.165, 1.54) is 0 Å². The quantitative estimate of drug-likeness (QED) is 0.718. The van der Waals surface area contributed by atoms with Crippen molar-refractivity contribution in [3.63, 3.8) is 0 Å². The SMILES string of the molecule is CCC(C)(CCO)NC(=O)Nc1cccc(COC)c1. The van der Waals surface area contributed by atoms with E-state index < -0.39 is 5.54 Å². The lowest BCUT2D eigenvalue weighted by molar-refractivity contribution is 0.185. The number of ether oxygens (including phenoxy) is 1. The van der Waals surface area contributed by atoms with Crippen molar-refractivity contribution in [2.75, 3.05) is 19.0 Å². The minimum atomic E-state index is -0.400. The molecule has 0 aliphatic heterocycles. The van der Waals surface area contributed by atoms with Gasteiger partial charge in [-0.15, -0.1) is 0 Å². The Labute approximate surface area is 120 Å². The van der Waals surface area contributed by atoms with Crippen molar-refractivity contribution in [3.05, 3.63) is 29.8 Å². The van der Waals surface area contributed by atoms with E-state index >= 15 is 0 Å². The van der Waals surface area contributed by atoms with Crippen LogP contribution in [0.4, 0.5) is 10.5 Å². The molecule has 0 radical (unpaired) electrons. The van der Waals surface area contributed by atoms with Gasteiger partial charge in [0.15, 0.2) is 0 Å². The predicted molar refractivity (Wildman–Crippen MR) is 79.7 cm³/mol. The number of methoxy groups -OCH3 is 1. The second kappa shape index (κ2) is 7.87. The highest BCUT2D eigenvalue weighted by molar-refractivity contribution is 5.89. The van der Waals surface area contributed by atoms with Crippen LogP contribution in [0, 0.1) is 0 Å². The van der Waals surface area contributed by atoms with E-state index in [0.29, 0.717) is 13.0 Å². The summed E-state index contributed by atoms with van der Waals surface area (Å²) in [5.74, 6) is 0. The van der Waals surface area contributed by atoms with Gasteiger partial charge in [-0.1, -0.05) is 19.1 Å². The highest BCUT2D eigenvalue weighted by Gasteiger charge is 2.23. The van der Waals surface area contributed by atoms with E-state index in [1.54, 1.807) is 7.11 Å². The van der Waals surface area contributed by atoms with E-state index in [-0.39, 0.29) is 12.6 Å². The van der Waals surface area contributed by atoms with E-state index in [4.69, 9.17) is 9.84 Å². The van der Waals surface area contributed by atoms with Crippen LogP contribution < -0.4 is 10.6 Å². The molecule has 0 aliphatic carbocycles. The van der Waals surface area contributed by atoms with Crippen LogP contribution in [0.5, 0.6) is 0 Å². The molecule has 2 amide bonds. The molecule has 3 N–H and O–H groups in total. The zero-order valence-electron chi connectivity index (χ0n) is 12.4. The third-order valence-corrected chi connectivity index (χ3v) is 3.36. The molecule has 0 bridgehead atoms. The second-order valence-corrected chi connectivity index (χ2v) is 5.10. The van der Waals surface area contributed by atoms with Gasteiger partial charge in [0.1, 0.15) is 0 Å². The molecule has 5 nitrogen and oxygen atoms in total. The average Bonchev–Trinajstić information content (AvgIpc) is 2.39. The van der Waals surface area contributed by atoms with Crippen LogP contribution in [-0.4, -0.2) is 30.4 Å². The minimum Gasteiger partial charge on any atom is -0.396 e. The molecule has 1 aromatic rings. The number of carbonyl (C=O) groups is 1. The lowest BCUT2D eigenvalue weighted by atomic mass is 9.95. The van der Waals surface area contributed by atoms with Gasteiger partial charge >= 0.3 is 6.03 Å². The Bertz CT molecular complexity index is 437. The first kappa shape index (κ1) is 16.5. The van der Waals surface area contributed by atoms with E-state index in [0.717, 1.165) is 17.7 Å². The van der Waals surface area contributed by atoms with E-state index in [1.807, 2.05) is 38.1 Å². The van der Waals surface area contributed by atoms with Gasteiger partial charge in [-0.2, -0.15) is 0 Å². The third kappa shape index (κ3) is 5.19. The highest BCUT2D eigenvalue weighted by Crippen LogP contribution is 2.15. The van der Waals surface area contributed by atoms with Crippen molar-refractivity contribution in [2.24, 2.45) is 0 Å². The van der Waals surface area contributed by atoms with Crippen molar-refractivity contribution in [3.8, 4) is 0 Å². The van der Waals surface area contributed by atoms with Crippen LogP contribution in [0.2, 0.25) is 0 Å². The molecule has 0 saturated heterocycles. The topological polar surface area (TPSA) is 70.6 Å². The monoisotopic (exact) mass is 280 g/mol. The lowest BCUT2D eigenvalue weighted by Gasteiger charge is -2.29. The van der Waals surface area contributed by atoms with Crippen LogP contribution in [0.25, 0.3) is 0 Å². The van der Waals surface area contributed by atoms with Gasteiger partial charge in [-0.3, -0.25) is 0 Å². The first-order valence-electron chi connectivity index (χ1n) is 6.81. The molecule has 1 aromatic carbocycles. The van der Waals surface area contributed by atoms with Gasteiger partial charge in [-0.05, 0) is 37.5 Å². The summed E-state index contributed by atoms with van der Waals surface area (Å²) < 4.78 is 5.06. The van der Waals surface area contributed by atoms with Crippen LogP contribution in [0.15, 0.2) is 24.3 Å². The maximum atomic E-state index is 12.0. The molecule has 5 heteroatoms. The summed E-state index contributed by atoms with van der Waals surface area (Å²) in [5, 5.41) is 14.8. The standard InChI is InChI=1S/C15H24N2O3/c1-4-15(2,8-9-18)17-14(19)16-13-7-5-6-12(10-13)11-20-3/h5-7,10,18H,4,8-9,11H2,1-3H3,(H2,16,17,19). The Morgan fingerprint density at radius 1 is 1.45 bits per heavy atom. The zero-order chi connectivity index (χ0) is 15.0. The maximum Gasteiger partial charge on any atom is 0.319 e. The number of rotatable bonds is 7. The number of anilines is 1. The van der Waals surface area contributed by atoms with Gasteiger partial charge in [0.25, 0.3) is 0 Å². The summed E-state index contributed by atoms with van der Waals surface area (Å²) in [4.78, 5) is 12.0. The predicted octanol–water partition coefficient (Wildman–Crippen LogP) is 2.51. The molecule has 1 atom stereocenters.